The van der Waals surface area contributed by atoms with E-state index in [9.17, 15) is 0 Å². The van der Waals surface area contributed by atoms with Crippen LogP contribution in [-0.2, 0) is 0 Å². The van der Waals surface area contributed by atoms with Crippen molar-refractivity contribution in [3.8, 4) is 0 Å². The Morgan fingerprint density at radius 3 is 1.36 bits per heavy atom. The van der Waals surface area contributed by atoms with Crippen molar-refractivity contribution in [1.29, 1.82) is 0 Å². The van der Waals surface area contributed by atoms with Crippen LogP contribution in [0.25, 0.3) is 0 Å². The van der Waals surface area contributed by atoms with Gasteiger partial charge in [0.1, 0.15) is 0 Å². The standard InChI is InChI=1S/C12H23BP/c13-14(11-7-3-1-4-8-11)12-9-5-2-6-10-12/h11-12,14H,1-10H2/q+1. The molecule has 0 saturated heterocycles. The Balaban J connectivity index is 1.82. The Bertz CT molecular complexity index is 142. The zero-order valence-electron chi connectivity index (χ0n) is 9.30. The Morgan fingerprint density at radius 1 is 0.643 bits per heavy atom. The zero-order chi connectivity index (χ0) is 9.80. The van der Waals surface area contributed by atoms with Crippen molar-refractivity contribution in [1.82, 2.24) is 0 Å². The minimum Gasteiger partial charge on any atom is -0.0530 e. The van der Waals surface area contributed by atoms with Gasteiger partial charge in [0.15, 0.2) is 0 Å². The molecule has 14 heavy (non-hydrogen) atoms. The SMILES string of the molecule is [B][PH+](C1CCCCC1)C1CCCCC1. The van der Waals surface area contributed by atoms with E-state index >= 15 is 0 Å². The molecule has 2 fully saturated rings. The molecule has 0 aromatic carbocycles. The van der Waals surface area contributed by atoms with Gasteiger partial charge in [-0.3, -0.25) is 0 Å². The third-order valence-electron chi connectivity index (χ3n) is 4.15. The van der Waals surface area contributed by atoms with E-state index in [2.05, 4.69) is 0 Å². The first kappa shape index (κ1) is 11.0. The van der Waals surface area contributed by atoms with Gasteiger partial charge in [0.05, 0.1) is 11.3 Å². The average molecular weight is 209 g/mol. The summed E-state index contributed by atoms with van der Waals surface area (Å²) >= 11 is 0. The Kier molecular flexibility index (Phi) is 4.35. The molecule has 0 amide bonds. The summed E-state index contributed by atoms with van der Waals surface area (Å²) < 4.78 is 0. The third kappa shape index (κ3) is 2.75. The predicted octanol–water partition coefficient (Wildman–Crippen LogP) is 3.95. The fourth-order valence-electron chi connectivity index (χ4n) is 3.21. The summed E-state index contributed by atoms with van der Waals surface area (Å²) in [5.74, 6) is 0. The molecule has 2 aliphatic rings. The molecule has 2 saturated carbocycles. The normalized spacial score (nSPS) is 26.9. The van der Waals surface area contributed by atoms with Crippen LogP contribution in [0.15, 0.2) is 0 Å². The lowest BCUT2D eigenvalue weighted by atomic mass is 9.99. The van der Waals surface area contributed by atoms with Crippen molar-refractivity contribution in [2.24, 2.45) is 0 Å². The molecule has 0 bridgehead atoms. The van der Waals surface area contributed by atoms with Crippen LogP contribution in [0, 0.1) is 0 Å². The van der Waals surface area contributed by atoms with Crippen LogP contribution in [0.4, 0.5) is 0 Å². The Morgan fingerprint density at radius 2 is 1.00 bits per heavy atom. The summed E-state index contributed by atoms with van der Waals surface area (Å²) in [4.78, 5) is 0. The van der Waals surface area contributed by atoms with Gasteiger partial charge in [-0.1, -0.05) is 12.8 Å². The van der Waals surface area contributed by atoms with Crippen LogP contribution in [0.3, 0.4) is 0 Å². The van der Waals surface area contributed by atoms with Crippen molar-refractivity contribution in [2.75, 3.05) is 0 Å². The van der Waals surface area contributed by atoms with E-state index in [4.69, 9.17) is 7.57 Å². The molecule has 0 unspecified atom stereocenters. The van der Waals surface area contributed by atoms with Crippen molar-refractivity contribution in [2.45, 2.75) is 75.5 Å². The maximum atomic E-state index is 6.52. The fraction of sp³-hybridized carbons (Fsp3) is 1.00. The highest BCUT2D eigenvalue weighted by atomic mass is 31.1. The smallest absolute Gasteiger partial charge is 0.0530 e. The second-order valence-corrected chi connectivity index (χ2v) is 7.80. The maximum Gasteiger partial charge on any atom is 0.362 e. The quantitative estimate of drug-likeness (QED) is 0.477. The lowest BCUT2D eigenvalue weighted by Crippen LogP contribution is -2.20. The monoisotopic (exact) mass is 209 g/mol. The molecule has 0 spiro atoms. The van der Waals surface area contributed by atoms with E-state index in [-0.39, 0.29) is 0 Å². The van der Waals surface area contributed by atoms with Crippen LogP contribution >= 0.6 is 7.80 Å². The third-order valence-corrected chi connectivity index (χ3v) is 7.19. The molecule has 2 aliphatic carbocycles. The van der Waals surface area contributed by atoms with E-state index in [1.54, 1.807) is 0 Å². The molecular weight excluding hydrogens is 186 g/mol. The van der Waals surface area contributed by atoms with Crippen LogP contribution < -0.4 is 0 Å². The summed E-state index contributed by atoms with van der Waals surface area (Å²) in [7, 11) is 6.03. The highest BCUT2D eigenvalue weighted by molar-refractivity contribution is 7.83. The van der Waals surface area contributed by atoms with Gasteiger partial charge in [0.25, 0.3) is 0 Å². The largest absolute Gasteiger partial charge is 0.362 e. The van der Waals surface area contributed by atoms with Gasteiger partial charge in [-0.15, -0.1) is 0 Å². The molecule has 78 valence electrons. The van der Waals surface area contributed by atoms with Crippen molar-refractivity contribution >= 4 is 15.4 Å². The molecule has 0 aliphatic heterocycles. The van der Waals surface area contributed by atoms with Gasteiger partial charge in [-0.2, -0.15) is 0 Å². The van der Waals surface area contributed by atoms with Gasteiger partial charge in [0.2, 0.25) is 0 Å². The van der Waals surface area contributed by atoms with Gasteiger partial charge in [-0.25, -0.2) is 0 Å². The molecule has 2 radical (unpaired) electrons. The van der Waals surface area contributed by atoms with E-state index in [0.717, 1.165) is 11.3 Å². The van der Waals surface area contributed by atoms with Crippen LogP contribution in [-0.4, -0.2) is 18.9 Å². The number of hydrogen-bond acceptors (Lipinski definition) is 0. The summed E-state index contributed by atoms with van der Waals surface area (Å²) in [5.41, 5.74) is 1.94. The first-order chi connectivity index (χ1) is 6.88. The van der Waals surface area contributed by atoms with Crippen molar-refractivity contribution < 1.29 is 0 Å². The minimum atomic E-state index is -0.491. The van der Waals surface area contributed by atoms with Crippen LogP contribution in [0.2, 0.25) is 0 Å². The molecule has 0 N–H and O–H groups in total. The minimum absolute atomic E-state index is 0.491. The summed E-state index contributed by atoms with van der Waals surface area (Å²) in [5, 5.41) is 0. The van der Waals surface area contributed by atoms with Crippen LogP contribution in [0.1, 0.15) is 64.2 Å². The molecular formula is C12H23BP+. The van der Waals surface area contributed by atoms with E-state index in [1.807, 2.05) is 0 Å². The molecule has 0 nitrogen and oxygen atoms in total. The first-order valence-corrected chi connectivity index (χ1v) is 8.23. The summed E-state index contributed by atoms with van der Waals surface area (Å²) in [6, 6.07) is 0. The van der Waals surface area contributed by atoms with Crippen molar-refractivity contribution in [3.05, 3.63) is 0 Å². The topological polar surface area (TPSA) is 0 Å². The van der Waals surface area contributed by atoms with Gasteiger partial charge in [-0.05, 0) is 59.2 Å². The van der Waals surface area contributed by atoms with E-state index in [0.29, 0.717) is 0 Å². The van der Waals surface area contributed by atoms with Gasteiger partial charge >= 0.3 is 7.57 Å². The zero-order valence-corrected chi connectivity index (χ0v) is 10.3. The van der Waals surface area contributed by atoms with Gasteiger partial charge in [0, 0.05) is 0 Å². The fourth-order valence-corrected chi connectivity index (χ4v) is 6.02. The van der Waals surface area contributed by atoms with Crippen LogP contribution in [0.5, 0.6) is 0 Å². The molecule has 0 aromatic rings. The molecule has 0 heterocycles. The van der Waals surface area contributed by atoms with E-state index < -0.39 is 7.80 Å². The highest BCUT2D eigenvalue weighted by Crippen LogP contribution is 2.51. The average Bonchev–Trinajstić information content (AvgIpc) is 2.30. The second-order valence-electron chi connectivity index (χ2n) is 5.17. The number of rotatable bonds is 2. The summed E-state index contributed by atoms with van der Waals surface area (Å²) in [6.07, 6.45) is 14.6. The molecule has 2 heteroatoms. The first-order valence-electron chi connectivity index (χ1n) is 6.50. The second kappa shape index (κ2) is 5.54. The molecule has 2 rings (SSSR count). The molecule has 0 aromatic heterocycles. The maximum absolute atomic E-state index is 6.52. The predicted molar refractivity (Wildman–Crippen MR) is 67.8 cm³/mol. The lowest BCUT2D eigenvalue weighted by Gasteiger charge is -2.30. The molecule has 0 atom stereocenters. The Hall–Kier alpha value is 0.495. The highest BCUT2D eigenvalue weighted by Gasteiger charge is 2.33. The van der Waals surface area contributed by atoms with Gasteiger partial charge < -0.3 is 0 Å². The van der Waals surface area contributed by atoms with Crippen molar-refractivity contribution in [3.63, 3.8) is 0 Å². The lowest BCUT2D eigenvalue weighted by molar-refractivity contribution is 0.488. The Labute approximate surface area is 91.4 Å². The van der Waals surface area contributed by atoms with E-state index in [1.165, 1.54) is 64.2 Å². The summed E-state index contributed by atoms with van der Waals surface area (Å²) in [6.45, 7) is 0. The number of hydrogen-bond donors (Lipinski definition) is 0.